The maximum atomic E-state index is 12.8. The Morgan fingerprint density at radius 3 is 2.48 bits per heavy atom. The van der Waals surface area contributed by atoms with Gasteiger partial charge in [0.25, 0.3) is 5.91 Å². The van der Waals surface area contributed by atoms with E-state index < -0.39 is 0 Å². The van der Waals surface area contributed by atoms with Gasteiger partial charge in [-0.2, -0.15) is 5.26 Å². The Morgan fingerprint density at radius 2 is 1.78 bits per heavy atom. The zero-order valence-electron chi connectivity index (χ0n) is 15.6. The Kier molecular flexibility index (Phi) is 5.73. The SMILES string of the molecule is CC(C)CCNC(=O)c1c(C#N)ccn1-c1ccccc1-c1ccccc1. The van der Waals surface area contributed by atoms with Crippen LogP contribution in [-0.2, 0) is 0 Å². The molecule has 3 aromatic rings. The molecule has 2 aromatic carbocycles. The summed E-state index contributed by atoms with van der Waals surface area (Å²) in [4.78, 5) is 12.8. The fraction of sp³-hybridized carbons (Fsp3) is 0.217. The van der Waals surface area contributed by atoms with E-state index in [4.69, 9.17) is 0 Å². The van der Waals surface area contributed by atoms with Gasteiger partial charge in [-0.05, 0) is 30.0 Å². The summed E-state index contributed by atoms with van der Waals surface area (Å²) >= 11 is 0. The summed E-state index contributed by atoms with van der Waals surface area (Å²) in [5, 5.41) is 12.4. The van der Waals surface area contributed by atoms with Crippen LogP contribution in [-0.4, -0.2) is 17.0 Å². The maximum absolute atomic E-state index is 12.8. The summed E-state index contributed by atoms with van der Waals surface area (Å²) in [5.41, 5.74) is 3.70. The van der Waals surface area contributed by atoms with Crippen LogP contribution in [0.1, 0.15) is 36.3 Å². The van der Waals surface area contributed by atoms with Gasteiger partial charge >= 0.3 is 0 Å². The van der Waals surface area contributed by atoms with Crippen molar-refractivity contribution in [3.05, 3.63) is 78.1 Å². The Morgan fingerprint density at radius 1 is 1.07 bits per heavy atom. The fourth-order valence-electron chi connectivity index (χ4n) is 3.06. The third-order valence-corrected chi connectivity index (χ3v) is 4.48. The number of rotatable bonds is 6. The van der Waals surface area contributed by atoms with Crippen LogP contribution in [0.15, 0.2) is 66.9 Å². The molecule has 0 saturated carbocycles. The number of aromatic nitrogens is 1. The molecule has 1 amide bonds. The third kappa shape index (κ3) is 4.09. The average molecular weight is 357 g/mol. The first-order valence-electron chi connectivity index (χ1n) is 9.16. The molecule has 0 saturated heterocycles. The first kappa shape index (κ1) is 18.5. The lowest BCUT2D eigenvalue weighted by Gasteiger charge is -2.15. The number of nitrogens with one attached hydrogen (secondary N) is 1. The highest BCUT2D eigenvalue weighted by Crippen LogP contribution is 2.28. The highest BCUT2D eigenvalue weighted by molar-refractivity contribution is 5.96. The molecular weight excluding hydrogens is 334 g/mol. The van der Waals surface area contributed by atoms with E-state index in [-0.39, 0.29) is 5.91 Å². The van der Waals surface area contributed by atoms with Crippen LogP contribution >= 0.6 is 0 Å². The predicted molar refractivity (Wildman–Crippen MR) is 108 cm³/mol. The number of nitrogens with zero attached hydrogens (tertiary/aromatic N) is 2. The van der Waals surface area contributed by atoms with Crippen LogP contribution in [0, 0.1) is 17.2 Å². The van der Waals surface area contributed by atoms with Crippen molar-refractivity contribution in [3.63, 3.8) is 0 Å². The molecular formula is C23H23N3O. The molecule has 0 spiro atoms. The van der Waals surface area contributed by atoms with Gasteiger partial charge in [0.15, 0.2) is 0 Å². The van der Waals surface area contributed by atoms with Gasteiger partial charge < -0.3 is 9.88 Å². The molecule has 0 fully saturated rings. The smallest absolute Gasteiger partial charge is 0.269 e. The Bertz CT molecular complexity index is 965. The van der Waals surface area contributed by atoms with Gasteiger partial charge in [-0.3, -0.25) is 4.79 Å². The summed E-state index contributed by atoms with van der Waals surface area (Å²) in [5.74, 6) is 0.284. The van der Waals surface area contributed by atoms with Crippen LogP contribution in [0.4, 0.5) is 0 Å². The molecule has 0 aliphatic heterocycles. The molecule has 1 aromatic heterocycles. The summed E-state index contributed by atoms with van der Waals surface area (Å²) < 4.78 is 1.81. The molecule has 0 bridgehead atoms. The van der Waals surface area contributed by atoms with Crippen molar-refractivity contribution in [2.75, 3.05) is 6.54 Å². The second-order valence-electron chi connectivity index (χ2n) is 6.88. The molecule has 0 atom stereocenters. The maximum Gasteiger partial charge on any atom is 0.269 e. The van der Waals surface area contributed by atoms with Gasteiger partial charge in [0.05, 0.1) is 11.3 Å². The molecule has 1 N–H and O–H groups in total. The van der Waals surface area contributed by atoms with E-state index in [0.717, 1.165) is 23.2 Å². The van der Waals surface area contributed by atoms with E-state index in [1.807, 2.05) is 59.2 Å². The molecule has 4 nitrogen and oxygen atoms in total. The number of carbonyl (C=O) groups is 1. The minimum absolute atomic E-state index is 0.222. The van der Waals surface area contributed by atoms with Gasteiger partial charge in [-0.15, -0.1) is 0 Å². The third-order valence-electron chi connectivity index (χ3n) is 4.48. The van der Waals surface area contributed by atoms with Gasteiger partial charge in [0, 0.05) is 18.3 Å². The van der Waals surface area contributed by atoms with Gasteiger partial charge in [0.1, 0.15) is 11.8 Å². The molecule has 0 radical (unpaired) electrons. The van der Waals surface area contributed by atoms with Crippen molar-refractivity contribution in [1.82, 2.24) is 9.88 Å². The Hall–Kier alpha value is -3.32. The Labute approximate surface area is 160 Å². The number of amides is 1. The standard InChI is InChI=1S/C23H23N3O/c1-17(2)12-14-25-23(27)22-19(16-24)13-15-26(22)21-11-7-6-10-20(21)18-8-4-3-5-9-18/h3-11,13,15,17H,12,14H2,1-2H3,(H,25,27). The van der Waals surface area contributed by atoms with E-state index >= 15 is 0 Å². The lowest BCUT2D eigenvalue weighted by molar-refractivity contribution is 0.0945. The van der Waals surface area contributed by atoms with Crippen molar-refractivity contribution in [2.24, 2.45) is 5.92 Å². The topological polar surface area (TPSA) is 57.8 Å². The number of hydrogen-bond donors (Lipinski definition) is 1. The van der Waals surface area contributed by atoms with E-state index in [0.29, 0.717) is 23.7 Å². The van der Waals surface area contributed by atoms with Crippen molar-refractivity contribution < 1.29 is 4.79 Å². The quantitative estimate of drug-likeness (QED) is 0.689. The molecule has 1 heterocycles. The molecule has 27 heavy (non-hydrogen) atoms. The largest absolute Gasteiger partial charge is 0.351 e. The van der Waals surface area contributed by atoms with Gasteiger partial charge in [-0.1, -0.05) is 62.4 Å². The lowest BCUT2D eigenvalue weighted by atomic mass is 10.0. The fourth-order valence-corrected chi connectivity index (χ4v) is 3.06. The minimum atomic E-state index is -0.222. The van der Waals surface area contributed by atoms with Crippen LogP contribution in [0.25, 0.3) is 16.8 Å². The van der Waals surface area contributed by atoms with E-state index in [2.05, 4.69) is 25.2 Å². The summed E-state index contributed by atoms with van der Waals surface area (Å²) in [7, 11) is 0. The van der Waals surface area contributed by atoms with E-state index in [1.54, 1.807) is 12.3 Å². The minimum Gasteiger partial charge on any atom is -0.351 e. The second-order valence-corrected chi connectivity index (χ2v) is 6.88. The predicted octanol–water partition coefficient (Wildman–Crippen LogP) is 4.79. The van der Waals surface area contributed by atoms with E-state index in [1.165, 1.54) is 0 Å². The van der Waals surface area contributed by atoms with Crippen molar-refractivity contribution in [3.8, 4) is 22.9 Å². The highest BCUT2D eigenvalue weighted by atomic mass is 16.1. The van der Waals surface area contributed by atoms with E-state index in [9.17, 15) is 10.1 Å². The number of carbonyl (C=O) groups excluding carboxylic acids is 1. The van der Waals surface area contributed by atoms with Crippen LogP contribution < -0.4 is 5.32 Å². The van der Waals surface area contributed by atoms with Crippen LogP contribution in [0.2, 0.25) is 0 Å². The molecule has 136 valence electrons. The summed E-state index contributed by atoms with van der Waals surface area (Å²) in [6.07, 6.45) is 2.69. The molecule has 0 unspecified atom stereocenters. The number of para-hydroxylation sites is 1. The molecule has 3 rings (SSSR count). The number of nitriles is 1. The number of benzene rings is 2. The normalized spacial score (nSPS) is 10.6. The average Bonchev–Trinajstić information content (AvgIpc) is 3.12. The monoisotopic (exact) mass is 357 g/mol. The van der Waals surface area contributed by atoms with Gasteiger partial charge in [0.2, 0.25) is 0 Å². The zero-order valence-corrected chi connectivity index (χ0v) is 15.6. The Balaban J connectivity index is 2.03. The molecule has 0 aliphatic rings. The molecule has 4 heteroatoms. The van der Waals surface area contributed by atoms with Gasteiger partial charge in [-0.25, -0.2) is 0 Å². The molecule has 0 aliphatic carbocycles. The van der Waals surface area contributed by atoms with Crippen molar-refractivity contribution >= 4 is 5.91 Å². The van der Waals surface area contributed by atoms with Crippen LogP contribution in [0.3, 0.4) is 0 Å². The van der Waals surface area contributed by atoms with Crippen LogP contribution in [0.5, 0.6) is 0 Å². The lowest BCUT2D eigenvalue weighted by Crippen LogP contribution is -2.28. The second kappa shape index (κ2) is 8.37. The summed E-state index contributed by atoms with van der Waals surface area (Å²) in [6.45, 7) is 4.82. The highest BCUT2D eigenvalue weighted by Gasteiger charge is 2.19. The summed E-state index contributed by atoms with van der Waals surface area (Å²) in [6, 6.07) is 21.8. The first-order chi connectivity index (χ1) is 13.1. The zero-order chi connectivity index (χ0) is 19.2. The van der Waals surface area contributed by atoms with Crippen molar-refractivity contribution in [1.29, 1.82) is 5.26 Å². The number of hydrogen-bond acceptors (Lipinski definition) is 2. The first-order valence-corrected chi connectivity index (χ1v) is 9.16. The van der Waals surface area contributed by atoms with Crippen molar-refractivity contribution in [2.45, 2.75) is 20.3 Å².